The molecule has 0 atom stereocenters. The van der Waals surface area contributed by atoms with Crippen molar-refractivity contribution in [1.82, 2.24) is 0 Å². The Labute approximate surface area is 362 Å². The van der Waals surface area contributed by atoms with Gasteiger partial charge in [-0.1, -0.05) is 206 Å². The predicted molar refractivity (Wildman–Crippen MR) is 261 cm³/mol. The van der Waals surface area contributed by atoms with Crippen molar-refractivity contribution in [2.45, 2.75) is 0 Å². The van der Waals surface area contributed by atoms with E-state index in [0.29, 0.717) is 0 Å². The monoisotopic (exact) mass is 791 g/mol. The maximum absolute atomic E-state index is 6.56. The van der Waals surface area contributed by atoms with Gasteiger partial charge in [0.1, 0.15) is 11.2 Å². The summed E-state index contributed by atoms with van der Waals surface area (Å²) in [5, 5.41) is 2.24. The molecule has 62 heavy (non-hydrogen) atoms. The molecule has 0 amide bonds. The standard InChI is InChI=1S/C60H41NO/c1-3-18-42(19-4-1)45-22-15-23-46(40-45)43-36-38-48(39-37-43)61(49-25-16-24-47(41-49)51-32-17-33-57-56-31-12-14-35-59(56)62-60(51)57)58-34-13-11-30-55(58)54-29-10-9-28-53(54)52-27-8-7-26-50(52)44-20-5-2-6-21-44/h1-41H. The third-order valence-electron chi connectivity index (χ3n) is 11.9. The molecule has 292 valence electrons. The van der Waals surface area contributed by atoms with E-state index in [0.717, 1.165) is 66.8 Å². The van der Waals surface area contributed by atoms with Crippen molar-refractivity contribution in [2.24, 2.45) is 0 Å². The highest BCUT2D eigenvalue weighted by Crippen LogP contribution is 2.46. The lowest BCUT2D eigenvalue weighted by Crippen LogP contribution is -2.11. The Balaban J connectivity index is 1.08. The quantitative estimate of drug-likeness (QED) is 0.145. The van der Waals surface area contributed by atoms with E-state index in [2.05, 4.69) is 241 Å². The number of benzene rings is 10. The summed E-state index contributed by atoms with van der Waals surface area (Å²) in [5.74, 6) is 0. The minimum Gasteiger partial charge on any atom is -0.455 e. The summed E-state index contributed by atoms with van der Waals surface area (Å²) in [6.45, 7) is 0. The molecular weight excluding hydrogens is 751 g/mol. The van der Waals surface area contributed by atoms with Crippen LogP contribution in [0, 0.1) is 0 Å². The van der Waals surface area contributed by atoms with Crippen LogP contribution in [-0.2, 0) is 0 Å². The van der Waals surface area contributed by atoms with Crippen molar-refractivity contribution in [3.8, 4) is 66.8 Å². The molecule has 2 nitrogen and oxygen atoms in total. The average molecular weight is 792 g/mol. The van der Waals surface area contributed by atoms with Gasteiger partial charge >= 0.3 is 0 Å². The number of nitrogens with zero attached hydrogens (tertiary/aromatic N) is 1. The van der Waals surface area contributed by atoms with Gasteiger partial charge in [-0.3, -0.25) is 0 Å². The number of para-hydroxylation sites is 3. The van der Waals surface area contributed by atoms with Crippen LogP contribution < -0.4 is 4.90 Å². The summed E-state index contributed by atoms with van der Waals surface area (Å²) in [7, 11) is 0. The Kier molecular flexibility index (Phi) is 9.57. The summed E-state index contributed by atoms with van der Waals surface area (Å²) in [6, 6.07) is 89.0. The maximum atomic E-state index is 6.56. The Morgan fingerprint density at radius 3 is 1.48 bits per heavy atom. The van der Waals surface area contributed by atoms with Crippen LogP contribution in [0.3, 0.4) is 0 Å². The predicted octanol–water partition coefficient (Wildman–Crippen LogP) is 17.1. The maximum Gasteiger partial charge on any atom is 0.143 e. The van der Waals surface area contributed by atoms with E-state index in [1.807, 2.05) is 12.1 Å². The van der Waals surface area contributed by atoms with Crippen molar-refractivity contribution in [3.63, 3.8) is 0 Å². The molecule has 0 bridgehead atoms. The molecule has 0 spiro atoms. The molecule has 11 rings (SSSR count). The molecule has 1 aromatic heterocycles. The fourth-order valence-electron chi connectivity index (χ4n) is 8.96. The molecule has 0 saturated heterocycles. The van der Waals surface area contributed by atoms with Gasteiger partial charge in [0.05, 0.1) is 5.69 Å². The van der Waals surface area contributed by atoms with Crippen LogP contribution in [0.4, 0.5) is 17.1 Å². The summed E-state index contributed by atoms with van der Waals surface area (Å²) in [4.78, 5) is 2.40. The molecule has 0 aliphatic carbocycles. The van der Waals surface area contributed by atoms with Gasteiger partial charge in [-0.15, -0.1) is 0 Å². The Bertz CT molecular complexity index is 3350. The number of hydrogen-bond donors (Lipinski definition) is 0. The molecule has 0 N–H and O–H groups in total. The fraction of sp³-hybridized carbons (Fsp3) is 0. The van der Waals surface area contributed by atoms with Crippen LogP contribution in [0.15, 0.2) is 253 Å². The molecule has 10 aromatic carbocycles. The molecule has 0 aliphatic heterocycles. The van der Waals surface area contributed by atoms with Crippen molar-refractivity contribution in [1.29, 1.82) is 0 Å². The lowest BCUT2D eigenvalue weighted by molar-refractivity contribution is 0.670. The molecule has 0 unspecified atom stereocenters. The van der Waals surface area contributed by atoms with Crippen LogP contribution in [0.1, 0.15) is 0 Å². The van der Waals surface area contributed by atoms with Crippen molar-refractivity contribution in [3.05, 3.63) is 249 Å². The van der Waals surface area contributed by atoms with E-state index in [-0.39, 0.29) is 0 Å². The highest BCUT2D eigenvalue weighted by molar-refractivity contribution is 6.09. The summed E-state index contributed by atoms with van der Waals surface area (Å²) < 4.78 is 6.56. The summed E-state index contributed by atoms with van der Waals surface area (Å²) in [5.41, 5.74) is 18.9. The Morgan fingerprint density at radius 1 is 0.258 bits per heavy atom. The largest absolute Gasteiger partial charge is 0.455 e. The minimum atomic E-state index is 0.892. The van der Waals surface area contributed by atoms with Crippen LogP contribution in [-0.4, -0.2) is 0 Å². The van der Waals surface area contributed by atoms with Crippen LogP contribution in [0.2, 0.25) is 0 Å². The Hall–Kier alpha value is -8.20. The normalized spacial score (nSPS) is 11.2. The number of furan rings is 1. The van der Waals surface area contributed by atoms with Crippen molar-refractivity contribution >= 4 is 39.0 Å². The molecule has 0 radical (unpaired) electrons. The SMILES string of the molecule is c1ccc(-c2cccc(-c3ccc(N(c4cccc(-c5cccc6c5oc5ccccc56)c4)c4ccccc4-c4ccccc4-c4ccccc4-c4ccccc4)cc3)c2)cc1. The van der Waals surface area contributed by atoms with E-state index < -0.39 is 0 Å². The van der Waals surface area contributed by atoms with Crippen LogP contribution in [0.25, 0.3) is 88.7 Å². The van der Waals surface area contributed by atoms with Crippen LogP contribution in [0.5, 0.6) is 0 Å². The third-order valence-corrected chi connectivity index (χ3v) is 11.9. The zero-order valence-corrected chi connectivity index (χ0v) is 34.0. The second-order valence-electron chi connectivity index (χ2n) is 15.6. The molecule has 0 fully saturated rings. The molecule has 11 aromatic rings. The zero-order chi connectivity index (χ0) is 41.2. The first-order valence-corrected chi connectivity index (χ1v) is 21.2. The smallest absolute Gasteiger partial charge is 0.143 e. The van der Waals surface area contributed by atoms with Gasteiger partial charge in [-0.2, -0.15) is 0 Å². The third kappa shape index (κ3) is 6.84. The van der Waals surface area contributed by atoms with Gasteiger partial charge in [-0.05, 0) is 98.1 Å². The van der Waals surface area contributed by atoms with Gasteiger partial charge in [0, 0.05) is 33.3 Å². The molecular formula is C60H41NO. The van der Waals surface area contributed by atoms with E-state index >= 15 is 0 Å². The molecule has 2 heteroatoms. The average Bonchev–Trinajstić information content (AvgIpc) is 3.74. The second kappa shape index (κ2) is 16.1. The molecule has 0 aliphatic rings. The van der Waals surface area contributed by atoms with Gasteiger partial charge in [0.15, 0.2) is 0 Å². The lowest BCUT2D eigenvalue weighted by Gasteiger charge is -2.29. The Morgan fingerprint density at radius 2 is 0.742 bits per heavy atom. The highest BCUT2D eigenvalue weighted by Gasteiger charge is 2.21. The van der Waals surface area contributed by atoms with Gasteiger partial charge in [0.2, 0.25) is 0 Å². The number of anilines is 3. The minimum absolute atomic E-state index is 0.892. The first-order chi connectivity index (χ1) is 30.8. The van der Waals surface area contributed by atoms with E-state index in [1.165, 1.54) is 38.9 Å². The summed E-state index contributed by atoms with van der Waals surface area (Å²) in [6.07, 6.45) is 0. The first kappa shape index (κ1) is 36.8. The summed E-state index contributed by atoms with van der Waals surface area (Å²) >= 11 is 0. The van der Waals surface area contributed by atoms with Gasteiger partial charge in [0.25, 0.3) is 0 Å². The fourth-order valence-corrected chi connectivity index (χ4v) is 8.96. The second-order valence-corrected chi connectivity index (χ2v) is 15.6. The van der Waals surface area contributed by atoms with Crippen molar-refractivity contribution in [2.75, 3.05) is 4.90 Å². The van der Waals surface area contributed by atoms with E-state index in [1.54, 1.807) is 0 Å². The van der Waals surface area contributed by atoms with E-state index in [9.17, 15) is 0 Å². The van der Waals surface area contributed by atoms with E-state index in [4.69, 9.17) is 4.42 Å². The number of fused-ring (bicyclic) bond motifs is 3. The highest BCUT2D eigenvalue weighted by atomic mass is 16.3. The number of rotatable bonds is 9. The van der Waals surface area contributed by atoms with Gasteiger partial charge in [-0.25, -0.2) is 0 Å². The first-order valence-electron chi connectivity index (χ1n) is 21.2. The topological polar surface area (TPSA) is 16.4 Å². The number of hydrogen-bond acceptors (Lipinski definition) is 2. The molecule has 0 saturated carbocycles. The zero-order valence-electron chi connectivity index (χ0n) is 34.0. The van der Waals surface area contributed by atoms with Gasteiger partial charge < -0.3 is 9.32 Å². The lowest BCUT2D eigenvalue weighted by atomic mass is 9.88. The van der Waals surface area contributed by atoms with Crippen LogP contribution >= 0.6 is 0 Å². The molecule has 1 heterocycles. The van der Waals surface area contributed by atoms with Crippen molar-refractivity contribution < 1.29 is 4.42 Å².